The van der Waals surface area contributed by atoms with Crippen molar-refractivity contribution < 1.29 is 23.5 Å². The van der Waals surface area contributed by atoms with Crippen molar-refractivity contribution in [2.24, 2.45) is 5.11 Å². The van der Waals surface area contributed by atoms with Crippen molar-refractivity contribution in [2.75, 3.05) is 13.2 Å². The van der Waals surface area contributed by atoms with E-state index in [4.69, 9.17) is 19.4 Å². The zero-order chi connectivity index (χ0) is 19.0. The van der Waals surface area contributed by atoms with Crippen LogP contribution in [0.25, 0.3) is 10.4 Å². The molecule has 2 atom stereocenters. The fourth-order valence-electron chi connectivity index (χ4n) is 1.65. The van der Waals surface area contributed by atoms with E-state index in [0.29, 0.717) is 0 Å². The third-order valence-electron chi connectivity index (χ3n) is 4.04. The summed E-state index contributed by atoms with van der Waals surface area (Å²) in [6.07, 6.45) is -1.01. The van der Waals surface area contributed by atoms with Crippen molar-refractivity contribution >= 4 is 20.3 Å². The highest BCUT2D eigenvalue weighted by atomic mass is 28.4. The molecule has 0 aromatic heterocycles. The second-order valence-electron chi connectivity index (χ2n) is 7.00. The highest BCUT2D eigenvalue weighted by Crippen LogP contribution is 2.36. The van der Waals surface area contributed by atoms with Gasteiger partial charge < -0.3 is 13.9 Å². The first-order valence-corrected chi connectivity index (χ1v) is 10.9. The Labute approximate surface area is 144 Å². The van der Waals surface area contributed by atoms with Gasteiger partial charge in [0.05, 0.1) is 25.7 Å². The molecule has 0 amide bonds. The molecule has 0 fully saturated rings. The highest BCUT2D eigenvalue weighted by molar-refractivity contribution is 6.74. The van der Waals surface area contributed by atoms with E-state index in [-0.39, 0.29) is 24.7 Å². The van der Waals surface area contributed by atoms with E-state index in [9.17, 15) is 9.59 Å². The molecular formula is C15H29N3O5Si. The van der Waals surface area contributed by atoms with E-state index in [1.807, 2.05) is 0 Å². The molecule has 24 heavy (non-hydrogen) atoms. The first kappa shape index (κ1) is 22.4. The predicted molar refractivity (Wildman–Crippen MR) is 92.9 cm³/mol. The summed E-state index contributed by atoms with van der Waals surface area (Å²) in [4.78, 5) is 25.8. The molecular weight excluding hydrogens is 330 g/mol. The van der Waals surface area contributed by atoms with Crippen molar-refractivity contribution in [2.45, 2.75) is 71.3 Å². The standard InChI is InChI=1S/C15H29N3O5Si/c1-8-21-14(20)9-12(17-18-16)13(23-11(2)19)10-22-24(6,7)15(3,4)5/h12-13H,8-10H2,1-7H3/t12?,13-/m1/s1. The Kier molecular flexibility index (Phi) is 9.02. The Morgan fingerprint density at radius 1 is 1.29 bits per heavy atom. The summed E-state index contributed by atoms with van der Waals surface area (Å²) >= 11 is 0. The Balaban J connectivity index is 5.21. The average Bonchev–Trinajstić information content (AvgIpc) is 2.41. The van der Waals surface area contributed by atoms with Crippen LogP contribution in [0.3, 0.4) is 0 Å². The van der Waals surface area contributed by atoms with Crippen LogP contribution in [0.2, 0.25) is 18.1 Å². The summed E-state index contributed by atoms with van der Waals surface area (Å²) in [5.74, 6) is -1.04. The number of carbonyl (C=O) groups excluding carboxylic acids is 2. The molecule has 9 heteroatoms. The zero-order valence-electron chi connectivity index (χ0n) is 15.7. The van der Waals surface area contributed by atoms with Crippen LogP contribution in [0, 0.1) is 0 Å². The third-order valence-corrected chi connectivity index (χ3v) is 8.54. The maximum atomic E-state index is 11.7. The number of esters is 2. The minimum atomic E-state index is -2.08. The zero-order valence-corrected chi connectivity index (χ0v) is 16.7. The molecule has 8 nitrogen and oxygen atoms in total. The molecule has 0 heterocycles. The SMILES string of the molecule is CCOC(=O)CC(N=[N+]=[N-])[C@@H](CO[Si](C)(C)C(C)(C)C)OC(C)=O. The van der Waals surface area contributed by atoms with Gasteiger partial charge in [-0.25, -0.2) is 0 Å². The molecule has 0 aromatic carbocycles. The van der Waals surface area contributed by atoms with Crippen molar-refractivity contribution in [3.05, 3.63) is 10.4 Å². The summed E-state index contributed by atoms with van der Waals surface area (Å²) in [7, 11) is -2.08. The summed E-state index contributed by atoms with van der Waals surface area (Å²) in [6, 6.07) is -0.872. The lowest BCUT2D eigenvalue weighted by Gasteiger charge is -2.37. The number of hydrogen-bond acceptors (Lipinski definition) is 6. The monoisotopic (exact) mass is 359 g/mol. The molecule has 0 aliphatic heterocycles. The number of rotatable bonds is 9. The fourth-order valence-corrected chi connectivity index (χ4v) is 2.66. The van der Waals surface area contributed by atoms with Gasteiger partial charge in [-0.1, -0.05) is 25.9 Å². The Morgan fingerprint density at radius 3 is 2.29 bits per heavy atom. The number of carbonyl (C=O) groups is 2. The Morgan fingerprint density at radius 2 is 1.88 bits per heavy atom. The van der Waals surface area contributed by atoms with Crippen molar-refractivity contribution in [1.82, 2.24) is 0 Å². The molecule has 0 saturated carbocycles. The minimum Gasteiger partial charge on any atom is -0.466 e. The van der Waals surface area contributed by atoms with Crippen LogP contribution in [0.15, 0.2) is 5.11 Å². The van der Waals surface area contributed by atoms with E-state index in [0.717, 1.165) is 0 Å². The topological polar surface area (TPSA) is 111 Å². The molecule has 0 spiro atoms. The number of hydrogen-bond donors (Lipinski definition) is 0. The molecule has 1 unspecified atom stereocenters. The van der Waals surface area contributed by atoms with E-state index in [1.54, 1.807) is 6.92 Å². The average molecular weight is 359 g/mol. The molecule has 0 saturated heterocycles. The maximum absolute atomic E-state index is 11.7. The molecule has 0 aliphatic carbocycles. The summed E-state index contributed by atoms with van der Waals surface area (Å²) in [5.41, 5.74) is 8.75. The van der Waals surface area contributed by atoms with Gasteiger partial charge in [0.2, 0.25) is 0 Å². The molecule has 0 radical (unpaired) electrons. The van der Waals surface area contributed by atoms with Crippen LogP contribution >= 0.6 is 0 Å². The van der Waals surface area contributed by atoms with Gasteiger partial charge in [0, 0.05) is 11.8 Å². The lowest BCUT2D eigenvalue weighted by atomic mass is 10.1. The lowest BCUT2D eigenvalue weighted by molar-refractivity contribution is -0.153. The molecule has 0 aliphatic rings. The fraction of sp³-hybridized carbons (Fsp3) is 0.867. The lowest BCUT2D eigenvalue weighted by Crippen LogP contribution is -2.45. The van der Waals surface area contributed by atoms with Crippen LogP contribution in [0.5, 0.6) is 0 Å². The van der Waals surface area contributed by atoms with Crippen LogP contribution < -0.4 is 0 Å². The van der Waals surface area contributed by atoms with Crippen LogP contribution in [0.1, 0.15) is 41.0 Å². The Hall–Kier alpha value is -1.57. The summed E-state index contributed by atoms with van der Waals surface area (Å²) in [5, 5.41) is 3.58. The molecule has 138 valence electrons. The number of azide groups is 1. The molecule has 0 aromatic rings. The van der Waals surface area contributed by atoms with Crippen LogP contribution in [0.4, 0.5) is 0 Å². The molecule has 0 bridgehead atoms. The van der Waals surface area contributed by atoms with Crippen molar-refractivity contribution in [3.63, 3.8) is 0 Å². The van der Waals surface area contributed by atoms with Gasteiger partial charge in [0.15, 0.2) is 8.32 Å². The van der Waals surface area contributed by atoms with E-state index >= 15 is 0 Å². The maximum Gasteiger partial charge on any atom is 0.306 e. The van der Waals surface area contributed by atoms with Gasteiger partial charge >= 0.3 is 11.9 Å². The first-order valence-electron chi connectivity index (χ1n) is 7.95. The number of ether oxygens (including phenoxy) is 2. The smallest absolute Gasteiger partial charge is 0.306 e. The summed E-state index contributed by atoms with van der Waals surface area (Å²) < 4.78 is 16.2. The summed E-state index contributed by atoms with van der Waals surface area (Å²) in [6.45, 7) is 13.6. The quantitative estimate of drug-likeness (QED) is 0.205. The van der Waals surface area contributed by atoms with Gasteiger partial charge in [-0.15, -0.1) is 0 Å². The minimum absolute atomic E-state index is 0.0249. The van der Waals surface area contributed by atoms with Crippen LogP contribution in [-0.2, 0) is 23.5 Å². The highest BCUT2D eigenvalue weighted by Gasteiger charge is 2.39. The second-order valence-corrected chi connectivity index (χ2v) is 11.8. The van der Waals surface area contributed by atoms with E-state index in [1.165, 1.54) is 6.92 Å². The van der Waals surface area contributed by atoms with Gasteiger partial charge in [0.25, 0.3) is 0 Å². The third kappa shape index (κ3) is 7.81. The van der Waals surface area contributed by atoms with Gasteiger partial charge in [-0.3, -0.25) is 9.59 Å². The van der Waals surface area contributed by atoms with E-state index < -0.39 is 32.4 Å². The largest absolute Gasteiger partial charge is 0.466 e. The Bertz CT molecular complexity index is 484. The van der Waals surface area contributed by atoms with E-state index in [2.05, 4.69) is 43.9 Å². The predicted octanol–water partition coefficient (Wildman–Crippen LogP) is 3.57. The van der Waals surface area contributed by atoms with Crippen LogP contribution in [-0.4, -0.2) is 45.6 Å². The first-order chi connectivity index (χ1) is 10.9. The van der Waals surface area contributed by atoms with Gasteiger partial charge in [0.1, 0.15) is 6.10 Å². The normalized spacial score (nSPS) is 14.3. The molecule has 0 N–H and O–H groups in total. The number of nitrogens with zero attached hydrogens (tertiary/aromatic N) is 3. The second kappa shape index (κ2) is 9.66. The van der Waals surface area contributed by atoms with Gasteiger partial charge in [-0.05, 0) is 30.6 Å². The van der Waals surface area contributed by atoms with Crippen molar-refractivity contribution in [1.29, 1.82) is 0 Å². The van der Waals surface area contributed by atoms with Gasteiger partial charge in [-0.2, -0.15) is 0 Å². The van der Waals surface area contributed by atoms with Crippen molar-refractivity contribution in [3.8, 4) is 0 Å². The molecule has 0 rings (SSSR count).